The van der Waals surface area contributed by atoms with Gasteiger partial charge in [-0.25, -0.2) is 9.78 Å². The molecule has 2 aromatic heterocycles. The Morgan fingerprint density at radius 1 is 1.06 bits per heavy atom. The number of aryl methyl sites for hydroxylation is 1. The lowest BCUT2D eigenvalue weighted by atomic mass is 9.87. The van der Waals surface area contributed by atoms with Crippen molar-refractivity contribution in [2.45, 2.75) is 25.3 Å². The Kier molecular flexibility index (Phi) is 4.91. The van der Waals surface area contributed by atoms with E-state index in [2.05, 4.69) is 60.5 Å². The third-order valence-electron chi connectivity index (χ3n) is 6.34. The summed E-state index contributed by atoms with van der Waals surface area (Å²) >= 11 is 3.59. The fourth-order valence-electron chi connectivity index (χ4n) is 4.84. The zero-order valence-electron chi connectivity index (χ0n) is 17.8. The van der Waals surface area contributed by atoms with Crippen LogP contribution in [0.3, 0.4) is 0 Å². The van der Waals surface area contributed by atoms with E-state index in [9.17, 15) is 4.79 Å². The van der Waals surface area contributed by atoms with Crippen molar-refractivity contribution in [3.05, 3.63) is 99.1 Å². The maximum absolute atomic E-state index is 13.3. The smallest absolute Gasteiger partial charge is 0.332 e. The van der Waals surface area contributed by atoms with E-state index in [0.717, 1.165) is 57.5 Å². The molecule has 3 N–H and O–H groups in total. The number of H-pyrrole nitrogens is 2. The van der Waals surface area contributed by atoms with Gasteiger partial charge in [-0.2, -0.15) is 0 Å². The van der Waals surface area contributed by atoms with E-state index in [1.165, 1.54) is 11.1 Å². The summed E-state index contributed by atoms with van der Waals surface area (Å²) in [5.74, 6) is 0.726. The molecule has 1 aliphatic rings. The Morgan fingerprint density at radius 3 is 2.88 bits per heavy atom. The second-order valence-electron chi connectivity index (χ2n) is 8.39. The Hall–Kier alpha value is -3.58. The number of benzene rings is 3. The Bertz CT molecular complexity index is 1530. The summed E-state index contributed by atoms with van der Waals surface area (Å²) in [7, 11) is 0. The number of rotatable bonds is 4. The molecule has 0 radical (unpaired) electrons. The second-order valence-corrected chi connectivity index (χ2v) is 9.31. The molecule has 0 saturated carbocycles. The highest BCUT2D eigenvalue weighted by molar-refractivity contribution is 9.10. The molecule has 6 nitrogen and oxygen atoms in total. The van der Waals surface area contributed by atoms with Crippen LogP contribution in [-0.2, 0) is 6.42 Å². The molecule has 164 valence electrons. The lowest BCUT2D eigenvalue weighted by Crippen LogP contribution is -2.18. The van der Waals surface area contributed by atoms with Crippen LogP contribution >= 0.6 is 15.9 Å². The first-order valence-electron chi connectivity index (χ1n) is 11.1. The van der Waals surface area contributed by atoms with Gasteiger partial charge in [0.25, 0.3) is 0 Å². The Labute approximate surface area is 198 Å². The van der Waals surface area contributed by atoms with Gasteiger partial charge in [0, 0.05) is 10.0 Å². The monoisotopic (exact) mass is 499 g/mol. The summed E-state index contributed by atoms with van der Waals surface area (Å²) in [6.45, 7) is 0. The van der Waals surface area contributed by atoms with Crippen LogP contribution < -0.4 is 11.0 Å². The van der Waals surface area contributed by atoms with E-state index < -0.39 is 0 Å². The van der Waals surface area contributed by atoms with Crippen LogP contribution in [0.2, 0.25) is 0 Å². The maximum atomic E-state index is 13.3. The highest BCUT2D eigenvalue weighted by atomic mass is 79.9. The molecule has 0 spiro atoms. The summed E-state index contributed by atoms with van der Waals surface area (Å²) in [5, 5.41) is 3.67. The molecule has 1 atom stereocenters. The van der Waals surface area contributed by atoms with Crippen molar-refractivity contribution in [2.75, 3.05) is 5.32 Å². The summed E-state index contributed by atoms with van der Waals surface area (Å²) in [6.07, 6.45) is 4.89. The van der Waals surface area contributed by atoms with Crippen molar-refractivity contribution in [3.63, 3.8) is 0 Å². The van der Waals surface area contributed by atoms with Gasteiger partial charge in [-0.3, -0.25) is 9.55 Å². The summed E-state index contributed by atoms with van der Waals surface area (Å²) < 4.78 is 2.69. The van der Waals surface area contributed by atoms with E-state index in [1.54, 1.807) is 10.9 Å². The summed E-state index contributed by atoms with van der Waals surface area (Å²) in [5.41, 5.74) is 6.77. The maximum Gasteiger partial charge on any atom is 0.332 e. The minimum absolute atomic E-state index is 0.141. The third-order valence-corrected chi connectivity index (χ3v) is 6.84. The number of nitrogens with one attached hydrogen (secondary N) is 3. The van der Waals surface area contributed by atoms with Crippen molar-refractivity contribution in [3.8, 4) is 16.9 Å². The van der Waals surface area contributed by atoms with Gasteiger partial charge in [-0.05, 0) is 60.7 Å². The molecule has 1 unspecified atom stereocenters. The highest BCUT2D eigenvalue weighted by Crippen LogP contribution is 2.36. The molecule has 1 aliphatic carbocycles. The molecule has 33 heavy (non-hydrogen) atoms. The minimum Gasteiger partial charge on any atom is -0.363 e. The average molecular weight is 500 g/mol. The van der Waals surface area contributed by atoms with E-state index in [1.807, 2.05) is 42.5 Å². The highest BCUT2D eigenvalue weighted by Gasteiger charge is 2.24. The van der Waals surface area contributed by atoms with Crippen LogP contribution in [0.15, 0.2) is 82.3 Å². The van der Waals surface area contributed by atoms with Crippen molar-refractivity contribution < 1.29 is 0 Å². The van der Waals surface area contributed by atoms with Crippen LogP contribution in [0.4, 0.5) is 5.82 Å². The van der Waals surface area contributed by atoms with Gasteiger partial charge in [0.2, 0.25) is 0 Å². The van der Waals surface area contributed by atoms with Gasteiger partial charge in [0.05, 0.1) is 34.8 Å². The van der Waals surface area contributed by atoms with Gasteiger partial charge in [-0.15, -0.1) is 0 Å². The SMILES string of the molecule is O=c1[nH]c(NC2CCCc3ccccc32)c(-c2cccc(Br)c2)n1-c1ccc2nc[nH]c2c1. The second kappa shape index (κ2) is 8.08. The van der Waals surface area contributed by atoms with Gasteiger partial charge in [0.1, 0.15) is 5.82 Å². The number of aromatic amines is 2. The Balaban J connectivity index is 1.52. The van der Waals surface area contributed by atoms with E-state index in [0.29, 0.717) is 0 Å². The fourth-order valence-corrected chi connectivity index (χ4v) is 5.24. The lowest BCUT2D eigenvalue weighted by molar-refractivity contribution is 0.599. The van der Waals surface area contributed by atoms with Crippen molar-refractivity contribution >= 4 is 32.8 Å². The number of nitrogens with zero attached hydrogens (tertiary/aromatic N) is 2. The molecular weight excluding hydrogens is 478 g/mol. The first-order valence-corrected chi connectivity index (χ1v) is 11.9. The fraction of sp³-hybridized carbons (Fsp3) is 0.154. The van der Waals surface area contributed by atoms with E-state index >= 15 is 0 Å². The molecule has 5 aromatic rings. The van der Waals surface area contributed by atoms with E-state index in [-0.39, 0.29) is 11.7 Å². The molecule has 7 heteroatoms. The molecule has 3 aromatic carbocycles. The third kappa shape index (κ3) is 3.58. The minimum atomic E-state index is -0.185. The molecule has 0 amide bonds. The van der Waals surface area contributed by atoms with Crippen molar-refractivity contribution in [1.82, 2.24) is 19.5 Å². The number of hydrogen-bond donors (Lipinski definition) is 3. The number of fused-ring (bicyclic) bond motifs is 2. The first kappa shape index (κ1) is 20.1. The van der Waals surface area contributed by atoms with Gasteiger partial charge >= 0.3 is 5.69 Å². The standard InChI is InChI=1S/C26H22BrN5O/c27-18-8-3-7-17(13-18)24-25(30-21-10-4-6-16-5-1-2-9-20(16)21)31-26(33)32(24)19-11-12-22-23(14-19)29-15-28-22/h1-3,5,7-9,11-15,21,30H,4,6,10H2,(H,28,29)(H,31,33). The molecule has 0 bridgehead atoms. The normalized spacial score (nSPS) is 15.5. The van der Waals surface area contributed by atoms with Crippen molar-refractivity contribution in [1.29, 1.82) is 0 Å². The topological polar surface area (TPSA) is 78.5 Å². The predicted molar refractivity (Wildman–Crippen MR) is 135 cm³/mol. The summed E-state index contributed by atoms with van der Waals surface area (Å²) in [4.78, 5) is 23.9. The number of aromatic nitrogens is 4. The number of imidazole rings is 2. The number of halogens is 1. The van der Waals surface area contributed by atoms with Crippen LogP contribution in [-0.4, -0.2) is 19.5 Å². The molecule has 0 aliphatic heterocycles. The summed E-state index contributed by atoms with van der Waals surface area (Å²) in [6, 6.07) is 22.6. The van der Waals surface area contributed by atoms with Crippen LogP contribution in [0.5, 0.6) is 0 Å². The van der Waals surface area contributed by atoms with E-state index in [4.69, 9.17) is 0 Å². The first-order chi connectivity index (χ1) is 16.2. The number of hydrogen-bond acceptors (Lipinski definition) is 3. The van der Waals surface area contributed by atoms with Gasteiger partial charge in [0.15, 0.2) is 0 Å². The molecular formula is C26H22BrN5O. The van der Waals surface area contributed by atoms with Gasteiger partial charge < -0.3 is 10.3 Å². The Morgan fingerprint density at radius 2 is 1.97 bits per heavy atom. The largest absolute Gasteiger partial charge is 0.363 e. The lowest BCUT2D eigenvalue weighted by Gasteiger charge is -2.27. The molecule has 0 fully saturated rings. The van der Waals surface area contributed by atoms with Crippen molar-refractivity contribution in [2.24, 2.45) is 0 Å². The average Bonchev–Trinajstić information content (AvgIpc) is 3.42. The zero-order chi connectivity index (χ0) is 22.4. The van der Waals surface area contributed by atoms with Gasteiger partial charge in [-0.1, -0.05) is 52.3 Å². The van der Waals surface area contributed by atoms with Crippen LogP contribution in [0, 0.1) is 0 Å². The quantitative estimate of drug-likeness (QED) is 0.285. The number of anilines is 1. The molecule has 6 rings (SSSR count). The predicted octanol–water partition coefficient (Wildman–Crippen LogP) is 5.96. The molecule has 2 heterocycles. The van der Waals surface area contributed by atoms with Crippen LogP contribution in [0.25, 0.3) is 28.0 Å². The zero-order valence-corrected chi connectivity index (χ0v) is 19.4. The van der Waals surface area contributed by atoms with Crippen LogP contribution in [0.1, 0.15) is 30.0 Å². The molecule has 0 saturated heterocycles.